The second-order valence-electron chi connectivity index (χ2n) is 6.34. The lowest BCUT2D eigenvalue weighted by atomic mass is 9.95. The van der Waals surface area contributed by atoms with Crippen molar-refractivity contribution < 1.29 is 23.9 Å². The number of carbonyl (C=O) groups excluding carboxylic acids is 1. The zero-order valence-corrected chi connectivity index (χ0v) is 14.7. The molecule has 2 aliphatic heterocycles. The lowest BCUT2D eigenvalue weighted by Gasteiger charge is -2.33. The number of methoxy groups -OCH3 is 1. The Morgan fingerprint density at radius 3 is 3.08 bits per heavy atom. The fourth-order valence-corrected chi connectivity index (χ4v) is 3.43. The molecular formula is C18H21N4O4+. The number of hydrazine groups is 1. The van der Waals surface area contributed by atoms with Crippen molar-refractivity contribution in [3.63, 3.8) is 0 Å². The van der Waals surface area contributed by atoms with Crippen molar-refractivity contribution in [2.24, 2.45) is 0 Å². The lowest BCUT2D eigenvalue weighted by molar-refractivity contribution is -0.918. The molecule has 26 heavy (non-hydrogen) atoms. The molecule has 1 aromatic carbocycles. The van der Waals surface area contributed by atoms with Crippen molar-refractivity contribution in [2.75, 3.05) is 27.5 Å². The van der Waals surface area contributed by atoms with Gasteiger partial charge < -0.3 is 19.1 Å². The minimum Gasteiger partial charge on any atom is -0.492 e. The van der Waals surface area contributed by atoms with Crippen molar-refractivity contribution in [3.8, 4) is 17.2 Å². The predicted molar refractivity (Wildman–Crippen MR) is 92.2 cm³/mol. The molecule has 136 valence electrons. The van der Waals surface area contributed by atoms with E-state index >= 15 is 0 Å². The molecule has 0 bridgehead atoms. The van der Waals surface area contributed by atoms with Gasteiger partial charge in [0.05, 0.1) is 31.8 Å². The normalized spacial score (nSPS) is 20.4. The second-order valence-corrected chi connectivity index (χ2v) is 6.34. The highest BCUT2D eigenvalue weighted by Crippen LogP contribution is 2.46. The number of rotatable bonds is 4. The van der Waals surface area contributed by atoms with Gasteiger partial charge in [0.2, 0.25) is 12.5 Å². The summed E-state index contributed by atoms with van der Waals surface area (Å²) in [5.41, 5.74) is 8.53. The molecule has 0 spiro atoms. The molecule has 0 fully saturated rings. The van der Waals surface area contributed by atoms with Gasteiger partial charge in [-0.1, -0.05) is 0 Å². The number of aromatic nitrogens is 1. The summed E-state index contributed by atoms with van der Waals surface area (Å²) in [4.78, 5) is 17.5. The smallest absolute Gasteiger partial charge is 0.267 e. The number of nitrogens with zero attached hydrogens (tertiary/aromatic N) is 1. The molecule has 1 unspecified atom stereocenters. The van der Waals surface area contributed by atoms with Crippen molar-refractivity contribution in [1.82, 2.24) is 15.8 Å². The molecule has 1 amide bonds. The fourth-order valence-electron chi connectivity index (χ4n) is 3.43. The van der Waals surface area contributed by atoms with Crippen LogP contribution in [-0.4, -0.2) is 38.4 Å². The van der Waals surface area contributed by atoms with Crippen LogP contribution in [0.1, 0.15) is 27.7 Å². The van der Waals surface area contributed by atoms with E-state index < -0.39 is 0 Å². The third-order valence-electron chi connectivity index (χ3n) is 4.77. The first kappa shape index (κ1) is 16.6. The fraction of sp³-hybridized carbons (Fsp3) is 0.333. The van der Waals surface area contributed by atoms with Gasteiger partial charge in [0, 0.05) is 18.8 Å². The SMILES string of the molecule is COc1c2c(cc3c1[C@H](NNC(=O)c1cccnc1)[NH+](C)CC3)OCO2. The molecule has 8 heteroatoms. The highest BCUT2D eigenvalue weighted by Gasteiger charge is 2.36. The maximum atomic E-state index is 12.3. The molecule has 0 saturated heterocycles. The standard InChI is InChI=1S/C18H20N4O4/c1-22-7-5-11-8-13-15(26-10-25-13)16(24-2)14(11)17(22)20-21-18(23)12-4-3-6-19-9-12/h3-4,6,8-9,17,20H,5,7,10H2,1-2H3,(H,21,23)/p+1/t17-/m1/s1. The number of fused-ring (bicyclic) bond motifs is 2. The lowest BCUT2D eigenvalue weighted by Crippen LogP contribution is -3.12. The van der Waals surface area contributed by atoms with Gasteiger partial charge in [0.1, 0.15) is 0 Å². The van der Waals surface area contributed by atoms with Gasteiger partial charge in [-0.15, -0.1) is 0 Å². The van der Waals surface area contributed by atoms with E-state index in [9.17, 15) is 4.79 Å². The van der Waals surface area contributed by atoms with E-state index in [1.165, 1.54) is 11.1 Å². The molecule has 2 atom stereocenters. The number of amides is 1. The number of quaternary nitrogens is 1. The number of hydrogen-bond acceptors (Lipinski definition) is 6. The molecule has 3 heterocycles. The number of nitrogens with one attached hydrogen (secondary N) is 3. The largest absolute Gasteiger partial charge is 0.492 e. The van der Waals surface area contributed by atoms with Crippen LogP contribution in [0, 0.1) is 0 Å². The van der Waals surface area contributed by atoms with Gasteiger partial charge in [-0.3, -0.25) is 15.2 Å². The van der Waals surface area contributed by atoms with Crippen LogP contribution in [0.15, 0.2) is 30.6 Å². The minimum absolute atomic E-state index is 0.177. The number of likely N-dealkylation sites (N-methyl/N-ethyl adjacent to an activating group) is 1. The van der Waals surface area contributed by atoms with Gasteiger partial charge in [-0.05, 0) is 23.8 Å². The monoisotopic (exact) mass is 357 g/mol. The Kier molecular flexibility index (Phi) is 4.36. The van der Waals surface area contributed by atoms with Crippen LogP contribution in [0.2, 0.25) is 0 Å². The number of pyridine rings is 1. The molecule has 0 radical (unpaired) electrons. The van der Waals surface area contributed by atoms with Gasteiger partial charge >= 0.3 is 0 Å². The van der Waals surface area contributed by atoms with Crippen LogP contribution >= 0.6 is 0 Å². The zero-order valence-electron chi connectivity index (χ0n) is 14.7. The highest BCUT2D eigenvalue weighted by molar-refractivity contribution is 5.93. The first-order valence-electron chi connectivity index (χ1n) is 8.46. The van der Waals surface area contributed by atoms with Crippen LogP contribution in [-0.2, 0) is 6.42 Å². The van der Waals surface area contributed by atoms with Crippen LogP contribution in [0.3, 0.4) is 0 Å². The summed E-state index contributed by atoms with van der Waals surface area (Å²) < 4.78 is 16.7. The Labute approximate surface area is 151 Å². The van der Waals surface area contributed by atoms with E-state index in [1.54, 1.807) is 25.4 Å². The third-order valence-corrected chi connectivity index (χ3v) is 4.77. The molecule has 3 N–H and O–H groups in total. The van der Waals surface area contributed by atoms with Crippen molar-refractivity contribution in [2.45, 2.75) is 12.6 Å². The molecule has 0 saturated carbocycles. The summed E-state index contributed by atoms with van der Waals surface area (Å²) in [5, 5.41) is 0. The molecular weight excluding hydrogens is 336 g/mol. The molecule has 1 aromatic heterocycles. The quantitative estimate of drug-likeness (QED) is 0.659. The number of ether oxygens (including phenoxy) is 3. The van der Waals surface area contributed by atoms with Gasteiger partial charge in [-0.25, -0.2) is 0 Å². The number of carbonyl (C=O) groups is 1. The van der Waals surface area contributed by atoms with Crippen LogP contribution < -0.4 is 30.0 Å². The van der Waals surface area contributed by atoms with E-state index in [0.717, 1.165) is 24.1 Å². The maximum absolute atomic E-state index is 12.3. The Balaban J connectivity index is 1.63. The Hall–Kier alpha value is -2.84. The molecule has 0 aliphatic carbocycles. The Bertz CT molecular complexity index is 828. The molecule has 4 rings (SSSR count). The summed E-state index contributed by atoms with van der Waals surface area (Å²) in [6.07, 6.45) is 3.88. The van der Waals surface area contributed by atoms with Gasteiger partial charge in [0.15, 0.2) is 17.7 Å². The van der Waals surface area contributed by atoms with Crippen LogP contribution in [0.5, 0.6) is 17.2 Å². The average molecular weight is 357 g/mol. The molecule has 2 aromatic rings. The zero-order chi connectivity index (χ0) is 18.1. The first-order chi connectivity index (χ1) is 12.7. The van der Waals surface area contributed by atoms with Gasteiger partial charge in [-0.2, -0.15) is 5.43 Å². The van der Waals surface area contributed by atoms with Crippen molar-refractivity contribution in [1.29, 1.82) is 0 Å². The predicted octanol–water partition coefficient (Wildman–Crippen LogP) is -0.177. The summed E-state index contributed by atoms with van der Waals surface area (Å²) in [6.45, 7) is 1.10. The maximum Gasteiger partial charge on any atom is 0.267 e. The van der Waals surface area contributed by atoms with Crippen LogP contribution in [0.25, 0.3) is 0 Å². The number of benzene rings is 1. The molecule has 8 nitrogen and oxygen atoms in total. The summed E-state index contributed by atoms with van der Waals surface area (Å²) >= 11 is 0. The van der Waals surface area contributed by atoms with E-state index in [1.807, 2.05) is 6.07 Å². The first-order valence-corrected chi connectivity index (χ1v) is 8.46. The Morgan fingerprint density at radius 2 is 2.31 bits per heavy atom. The van der Waals surface area contributed by atoms with E-state index in [0.29, 0.717) is 22.8 Å². The van der Waals surface area contributed by atoms with E-state index in [-0.39, 0.29) is 18.9 Å². The van der Waals surface area contributed by atoms with Gasteiger partial charge in [0.25, 0.3) is 5.91 Å². The summed E-state index contributed by atoms with van der Waals surface area (Å²) in [6, 6.07) is 5.45. The molecule has 2 aliphatic rings. The minimum atomic E-state index is -0.238. The third kappa shape index (κ3) is 2.83. The average Bonchev–Trinajstić information content (AvgIpc) is 3.14. The van der Waals surface area contributed by atoms with E-state index in [4.69, 9.17) is 14.2 Å². The van der Waals surface area contributed by atoms with Crippen molar-refractivity contribution >= 4 is 5.91 Å². The number of hydrogen-bond donors (Lipinski definition) is 3. The summed E-state index contributed by atoms with van der Waals surface area (Å²) in [7, 11) is 3.69. The topological polar surface area (TPSA) is 86.2 Å². The van der Waals surface area contributed by atoms with E-state index in [2.05, 4.69) is 22.9 Å². The second kappa shape index (κ2) is 6.81. The summed E-state index contributed by atoms with van der Waals surface area (Å²) in [5.74, 6) is 1.74. The Morgan fingerprint density at radius 1 is 1.42 bits per heavy atom. The highest BCUT2D eigenvalue weighted by atomic mass is 16.7. The van der Waals surface area contributed by atoms with Crippen molar-refractivity contribution in [3.05, 3.63) is 47.3 Å². The van der Waals surface area contributed by atoms with Crippen LogP contribution in [0.4, 0.5) is 0 Å².